The lowest BCUT2D eigenvalue weighted by molar-refractivity contribution is 0.181. The summed E-state index contributed by atoms with van der Waals surface area (Å²) < 4.78 is 32.1. The van der Waals surface area contributed by atoms with E-state index in [0.29, 0.717) is 31.9 Å². The van der Waals surface area contributed by atoms with Gasteiger partial charge >= 0.3 is 6.09 Å². The molecular formula is C18H20N2O4S. The summed E-state index contributed by atoms with van der Waals surface area (Å²) in [5.74, 6) is 0. The second-order valence-corrected chi connectivity index (χ2v) is 7.61. The molecular weight excluding hydrogens is 340 g/mol. The molecule has 0 aromatic heterocycles. The lowest BCUT2D eigenvalue weighted by Gasteiger charge is -2.21. The first-order valence-electron chi connectivity index (χ1n) is 8.11. The van der Waals surface area contributed by atoms with Gasteiger partial charge in [0.1, 0.15) is 6.61 Å². The molecule has 0 radical (unpaired) electrons. The zero-order valence-corrected chi connectivity index (χ0v) is 14.8. The molecule has 0 N–H and O–H groups in total. The Morgan fingerprint density at radius 2 is 1.76 bits per heavy atom. The molecule has 0 unspecified atom stereocenters. The third kappa shape index (κ3) is 3.67. The molecule has 0 atom stereocenters. The summed E-state index contributed by atoms with van der Waals surface area (Å²) in [5.41, 5.74) is 1.57. The van der Waals surface area contributed by atoms with Crippen LogP contribution >= 0.6 is 0 Å². The Balaban J connectivity index is 1.81. The average Bonchev–Trinajstić information content (AvgIpc) is 3.06. The second-order valence-electron chi connectivity index (χ2n) is 5.68. The van der Waals surface area contributed by atoms with Gasteiger partial charge in [-0.25, -0.2) is 13.2 Å². The molecule has 6 nitrogen and oxygen atoms in total. The fourth-order valence-electron chi connectivity index (χ4n) is 2.73. The molecule has 1 amide bonds. The van der Waals surface area contributed by atoms with Crippen molar-refractivity contribution in [1.82, 2.24) is 4.31 Å². The number of carbonyl (C=O) groups excluding carboxylic acids is 1. The number of carbonyl (C=O) groups is 1. The Kier molecular flexibility index (Phi) is 5.06. The standard InChI is InChI=1S/C18H20N2O4S/c1-2-19(14-15-6-4-3-5-7-15)25(22,23)17-10-8-16(9-11-17)20-12-13-24-18(20)21/h3-11H,2,12-14H2,1H3. The molecule has 2 aromatic rings. The van der Waals surface area contributed by atoms with Crippen molar-refractivity contribution < 1.29 is 17.9 Å². The van der Waals surface area contributed by atoms with Gasteiger partial charge in [0.15, 0.2) is 0 Å². The summed E-state index contributed by atoms with van der Waals surface area (Å²) >= 11 is 0. The van der Waals surface area contributed by atoms with Crippen LogP contribution in [0.25, 0.3) is 0 Å². The predicted molar refractivity (Wildman–Crippen MR) is 94.8 cm³/mol. The number of nitrogens with zero attached hydrogens (tertiary/aromatic N) is 2. The van der Waals surface area contributed by atoms with E-state index in [-0.39, 0.29) is 4.90 Å². The molecule has 0 bridgehead atoms. The maximum absolute atomic E-state index is 12.9. The third-order valence-corrected chi connectivity index (χ3v) is 6.04. The highest BCUT2D eigenvalue weighted by molar-refractivity contribution is 7.89. The number of anilines is 1. The largest absolute Gasteiger partial charge is 0.447 e. The highest BCUT2D eigenvalue weighted by Gasteiger charge is 2.26. The molecule has 1 aliphatic heterocycles. The Bertz CT molecular complexity index is 835. The van der Waals surface area contributed by atoms with Gasteiger partial charge in [-0.05, 0) is 29.8 Å². The molecule has 1 saturated heterocycles. The van der Waals surface area contributed by atoms with E-state index in [4.69, 9.17) is 4.74 Å². The van der Waals surface area contributed by atoms with Gasteiger partial charge in [0.05, 0.1) is 11.4 Å². The van der Waals surface area contributed by atoms with Crippen molar-refractivity contribution in [3.63, 3.8) is 0 Å². The summed E-state index contributed by atoms with van der Waals surface area (Å²) in [4.78, 5) is 13.3. The minimum atomic E-state index is -3.60. The van der Waals surface area contributed by atoms with Crippen molar-refractivity contribution in [2.24, 2.45) is 0 Å². The summed E-state index contributed by atoms with van der Waals surface area (Å²) in [6.07, 6.45) is -0.408. The number of hydrogen-bond acceptors (Lipinski definition) is 4. The highest BCUT2D eigenvalue weighted by Crippen LogP contribution is 2.23. The first-order chi connectivity index (χ1) is 12.0. The molecule has 25 heavy (non-hydrogen) atoms. The van der Waals surface area contributed by atoms with E-state index >= 15 is 0 Å². The normalized spacial score (nSPS) is 14.8. The first-order valence-corrected chi connectivity index (χ1v) is 9.55. The van der Waals surface area contributed by atoms with Crippen LogP contribution in [-0.2, 0) is 21.3 Å². The maximum atomic E-state index is 12.9. The van der Waals surface area contributed by atoms with Crippen molar-refractivity contribution in [2.45, 2.75) is 18.4 Å². The lowest BCUT2D eigenvalue weighted by atomic mass is 10.2. The zero-order chi connectivity index (χ0) is 17.9. The van der Waals surface area contributed by atoms with Crippen LogP contribution < -0.4 is 4.90 Å². The van der Waals surface area contributed by atoms with E-state index in [2.05, 4.69) is 0 Å². The van der Waals surface area contributed by atoms with E-state index in [1.165, 1.54) is 21.3 Å². The number of ether oxygens (including phenoxy) is 1. The number of benzene rings is 2. The van der Waals surface area contributed by atoms with Crippen LogP contribution in [0.5, 0.6) is 0 Å². The Hall–Kier alpha value is -2.38. The minimum absolute atomic E-state index is 0.210. The molecule has 1 heterocycles. The van der Waals surface area contributed by atoms with Gasteiger partial charge in [-0.3, -0.25) is 4.90 Å². The molecule has 132 valence electrons. The Labute approximate surface area is 147 Å². The topological polar surface area (TPSA) is 66.9 Å². The maximum Gasteiger partial charge on any atom is 0.414 e. The molecule has 0 aliphatic carbocycles. The van der Waals surface area contributed by atoms with E-state index in [1.807, 2.05) is 37.3 Å². The number of sulfonamides is 1. The van der Waals surface area contributed by atoms with Gasteiger partial charge in [-0.1, -0.05) is 37.3 Å². The van der Waals surface area contributed by atoms with E-state index in [0.717, 1.165) is 5.56 Å². The van der Waals surface area contributed by atoms with Crippen LogP contribution in [0.15, 0.2) is 59.5 Å². The SMILES string of the molecule is CCN(Cc1ccccc1)S(=O)(=O)c1ccc(N2CCOC2=O)cc1. The third-order valence-electron chi connectivity index (χ3n) is 4.10. The predicted octanol–water partition coefficient (Wildman–Crippen LogP) is 2.85. The van der Waals surface area contributed by atoms with E-state index < -0.39 is 16.1 Å². The van der Waals surface area contributed by atoms with Gasteiger partial charge < -0.3 is 4.74 Å². The van der Waals surface area contributed by atoms with Gasteiger partial charge in [0.25, 0.3) is 0 Å². The van der Waals surface area contributed by atoms with Crippen molar-refractivity contribution in [2.75, 3.05) is 24.6 Å². The summed E-state index contributed by atoms with van der Waals surface area (Å²) in [6.45, 7) is 3.33. The molecule has 0 saturated carbocycles. The van der Waals surface area contributed by atoms with Crippen LogP contribution in [0.4, 0.5) is 10.5 Å². The summed E-state index contributed by atoms with van der Waals surface area (Å²) in [7, 11) is -3.60. The van der Waals surface area contributed by atoms with Crippen molar-refractivity contribution in [3.05, 3.63) is 60.2 Å². The molecule has 3 rings (SSSR count). The zero-order valence-electron chi connectivity index (χ0n) is 14.0. The smallest absolute Gasteiger partial charge is 0.414 e. The fourth-order valence-corrected chi connectivity index (χ4v) is 4.17. The van der Waals surface area contributed by atoms with Crippen LogP contribution in [-0.4, -0.2) is 38.5 Å². The van der Waals surface area contributed by atoms with Gasteiger partial charge in [-0.15, -0.1) is 0 Å². The second kappa shape index (κ2) is 7.25. The van der Waals surface area contributed by atoms with Crippen LogP contribution in [0, 0.1) is 0 Å². The molecule has 1 aliphatic rings. The van der Waals surface area contributed by atoms with Crippen molar-refractivity contribution >= 4 is 21.8 Å². The number of cyclic esters (lactones) is 1. The Morgan fingerprint density at radius 3 is 2.32 bits per heavy atom. The van der Waals surface area contributed by atoms with Crippen molar-refractivity contribution in [3.8, 4) is 0 Å². The quantitative estimate of drug-likeness (QED) is 0.794. The van der Waals surface area contributed by atoms with Gasteiger partial charge in [-0.2, -0.15) is 4.31 Å². The average molecular weight is 360 g/mol. The van der Waals surface area contributed by atoms with Crippen LogP contribution in [0.2, 0.25) is 0 Å². The number of amides is 1. The molecule has 0 spiro atoms. The molecule has 2 aromatic carbocycles. The monoisotopic (exact) mass is 360 g/mol. The molecule has 7 heteroatoms. The van der Waals surface area contributed by atoms with Crippen molar-refractivity contribution in [1.29, 1.82) is 0 Å². The number of rotatable bonds is 6. The van der Waals surface area contributed by atoms with Crippen LogP contribution in [0.3, 0.4) is 0 Å². The number of hydrogen-bond donors (Lipinski definition) is 0. The Morgan fingerprint density at radius 1 is 1.08 bits per heavy atom. The first kappa shape index (κ1) is 17.4. The summed E-state index contributed by atoms with van der Waals surface area (Å²) in [5, 5.41) is 0. The van der Waals surface area contributed by atoms with E-state index in [1.54, 1.807) is 12.1 Å². The van der Waals surface area contributed by atoms with Gasteiger partial charge in [0.2, 0.25) is 10.0 Å². The van der Waals surface area contributed by atoms with Gasteiger partial charge in [0, 0.05) is 18.8 Å². The highest BCUT2D eigenvalue weighted by atomic mass is 32.2. The molecule has 1 fully saturated rings. The van der Waals surface area contributed by atoms with E-state index in [9.17, 15) is 13.2 Å². The summed E-state index contributed by atoms with van der Waals surface area (Å²) in [6, 6.07) is 15.8. The fraction of sp³-hybridized carbons (Fsp3) is 0.278. The minimum Gasteiger partial charge on any atom is -0.447 e. The van der Waals surface area contributed by atoms with Crippen LogP contribution in [0.1, 0.15) is 12.5 Å². The lowest BCUT2D eigenvalue weighted by Crippen LogP contribution is -2.30.